The second-order valence-corrected chi connectivity index (χ2v) is 16.8. The molecule has 0 atom stereocenters. The molecule has 269 valence electrons. The molecule has 3 nitrogen and oxygen atoms in total. The van der Waals surface area contributed by atoms with Crippen molar-refractivity contribution in [1.29, 1.82) is 0 Å². The SMILES string of the molecule is CCC(CC)C(=O)/C=C(\O)C(C)(CC)CC.Cc1[c-]c(-c2nccc3c(C)c(-c4ccc(C(C)(C)C)cc4C(C)(C)C)sc23)cc(C)c1.[Ir]. The third-order valence-corrected chi connectivity index (χ3v) is 11.4. The van der Waals surface area contributed by atoms with E-state index in [0.717, 1.165) is 42.5 Å². The molecule has 0 saturated heterocycles. The molecular weight excluding hydrogens is 799 g/mol. The zero-order valence-corrected chi connectivity index (χ0v) is 35.8. The maximum absolute atomic E-state index is 11.9. The average Bonchev–Trinajstić information content (AvgIpc) is 3.36. The number of aromatic nitrogens is 1. The Labute approximate surface area is 315 Å². The summed E-state index contributed by atoms with van der Waals surface area (Å²) in [6, 6.07) is 17.1. The minimum absolute atomic E-state index is 0. The van der Waals surface area contributed by atoms with Crippen LogP contribution in [0.15, 0.2) is 54.4 Å². The number of pyridine rings is 1. The number of allylic oxidation sites excluding steroid dienone is 2. The summed E-state index contributed by atoms with van der Waals surface area (Å²) in [5, 5.41) is 11.3. The quantitative estimate of drug-likeness (QED) is 0.104. The Bertz CT molecular complexity index is 1740. The van der Waals surface area contributed by atoms with Crippen LogP contribution in [0.3, 0.4) is 0 Å². The first-order valence-corrected chi connectivity index (χ1v) is 18.6. The number of nitrogens with zero attached hydrogens (tertiary/aromatic N) is 1. The summed E-state index contributed by atoms with van der Waals surface area (Å²) in [4.78, 5) is 18.0. The Morgan fingerprint density at radius 1 is 0.898 bits per heavy atom. The van der Waals surface area contributed by atoms with Gasteiger partial charge in [-0.15, -0.1) is 46.2 Å². The van der Waals surface area contributed by atoms with E-state index < -0.39 is 0 Å². The summed E-state index contributed by atoms with van der Waals surface area (Å²) < 4.78 is 1.25. The number of hydrogen-bond donors (Lipinski definition) is 1. The van der Waals surface area contributed by atoms with Crippen LogP contribution in [-0.2, 0) is 35.7 Å². The fourth-order valence-electron chi connectivity index (χ4n) is 6.18. The van der Waals surface area contributed by atoms with E-state index in [1.807, 2.05) is 52.2 Å². The Kier molecular flexibility index (Phi) is 14.8. The van der Waals surface area contributed by atoms with Crippen LogP contribution in [-0.4, -0.2) is 15.9 Å². The molecule has 2 heterocycles. The van der Waals surface area contributed by atoms with Gasteiger partial charge in [-0.25, -0.2) is 0 Å². The van der Waals surface area contributed by atoms with Gasteiger partial charge in [-0.05, 0) is 77.1 Å². The Morgan fingerprint density at radius 3 is 2.02 bits per heavy atom. The third-order valence-electron chi connectivity index (χ3n) is 10.0. The van der Waals surface area contributed by atoms with Crippen LogP contribution in [0.5, 0.6) is 0 Å². The molecule has 1 radical (unpaired) electrons. The zero-order valence-electron chi connectivity index (χ0n) is 32.6. The minimum atomic E-state index is -0.248. The molecule has 0 spiro atoms. The molecule has 4 aromatic rings. The molecule has 0 aliphatic rings. The van der Waals surface area contributed by atoms with Crippen molar-refractivity contribution in [3.8, 4) is 21.7 Å². The second kappa shape index (κ2) is 17.1. The summed E-state index contributed by atoms with van der Waals surface area (Å²) in [5.41, 5.74) is 9.94. The largest absolute Gasteiger partial charge is 0.512 e. The van der Waals surface area contributed by atoms with Crippen molar-refractivity contribution in [2.45, 2.75) is 133 Å². The number of rotatable bonds is 9. The second-order valence-electron chi connectivity index (χ2n) is 15.8. The number of ketones is 1. The molecule has 1 N–H and O–H groups in total. The first-order valence-electron chi connectivity index (χ1n) is 17.8. The summed E-state index contributed by atoms with van der Waals surface area (Å²) >= 11 is 1.87. The van der Waals surface area contributed by atoms with Gasteiger partial charge in [0.15, 0.2) is 5.78 Å². The molecule has 5 heteroatoms. The topological polar surface area (TPSA) is 50.2 Å². The van der Waals surface area contributed by atoms with Crippen molar-refractivity contribution < 1.29 is 30.0 Å². The number of carbonyl (C=O) groups excluding carboxylic acids is 1. The van der Waals surface area contributed by atoms with Crippen molar-refractivity contribution in [3.63, 3.8) is 0 Å². The maximum atomic E-state index is 11.9. The van der Waals surface area contributed by atoms with Gasteiger partial charge in [0, 0.05) is 59.0 Å². The molecular formula is C44H60IrNO2S-. The Balaban J connectivity index is 0.000000419. The van der Waals surface area contributed by atoms with Crippen LogP contribution < -0.4 is 0 Å². The Hall–Kier alpha value is -2.59. The van der Waals surface area contributed by atoms with Gasteiger partial charge in [0.25, 0.3) is 0 Å². The fourth-order valence-corrected chi connectivity index (χ4v) is 7.52. The normalized spacial score (nSPS) is 12.5. The Morgan fingerprint density at radius 2 is 1.51 bits per heavy atom. The first-order chi connectivity index (χ1) is 22.3. The molecule has 2 aromatic heterocycles. The molecule has 0 saturated carbocycles. The zero-order chi connectivity index (χ0) is 36.2. The van der Waals surface area contributed by atoms with Gasteiger partial charge in [0.2, 0.25) is 0 Å². The van der Waals surface area contributed by atoms with Gasteiger partial charge >= 0.3 is 0 Å². The number of thiophene rings is 1. The van der Waals surface area contributed by atoms with Gasteiger partial charge < -0.3 is 10.1 Å². The van der Waals surface area contributed by atoms with Crippen molar-refractivity contribution in [2.24, 2.45) is 11.3 Å². The summed E-state index contributed by atoms with van der Waals surface area (Å²) in [7, 11) is 0. The molecule has 0 aliphatic heterocycles. The number of fused-ring (bicyclic) bond motifs is 1. The fraction of sp³-hybridized carbons (Fsp3) is 0.500. The van der Waals surface area contributed by atoms with Crippen molar-refractivity contribution in [1.82, 2.24) is 4.98 Å². The van der Waals surface area contributed by atoms with Crippen LogP contribution in [0, 0.1) is 38.2 Å². The number of aliphatic hydroxyl groups excluding tert-OH is 1. The number of aliphatic hydroxyl groups is 1. The smallest absolute Gasteiger partial charge is 0.162 e. The minimum Gasteiger partial charge on any atom is -0.512 e. The molecule has 2 aromatic carbocycles. The van der Waals surface area contributed by atoms with Crippen LogP contribution in [0.25, 0.3) is 31.8 Å². The predicted octanol–water partition coefficient (Wildman–Crippen LogP) is 13.2. The molecule has 0 unspecified atom stereocenters. The van der Waals surface area contributed by atoms with E-state index in [-0.39, 0.29) is 53.8 Å². The number of carbonyl (C=O) groups is 1. The maximum Gasteiger partial charge on any atom is 0.162 e. The molecule has 0 amide bonds. The summed E-state index contributed by atoms with van der Waals surface area (Å²) in [6.45, 7) is 30.4. The van der Waals surface area contributed by atoms with E-state index in [0.29, 0.717) is 0 Å². The third kappa shape index (κ3) is 10.0. The predicted molar refractivity (Wildman–Crippen MR) is 209 cm³/mol. The van der Waals surface area contributed by atoms with E-state index in [4.69, 9.17) is 4.98 Å². The number of hydrogen-bond acceptors (Lipinski definition) is 4. The first kappa shape index (κ1) is 42.6. The van der Waals surface area contributed by atoms with Crippen molar-refractivity contribution in [2.75, 3.05) is 0 Å². The monoisotopic (exact) mass is 859 g/mol. The number of benzene rings is 2. The van der Waals surface area contributed by atoms with Crippen LogP contribution in [0.1, 0.15) is 130 Å². The van der Waals surface area contributed by atoms with Gasteiger partial charge in [-0.3, -0.25) is 4.79 Å². The van der Waals surface area contributed by atoms with Crippen LogP contribution in [0.4, 0.5) is 0 Å². The molecule has 0 bridgehead atoms. The van der Waals surface area contributed by atoms with Gasteiger partial charge in [-0.1, -0.05) is 108 Å². The van der Waals surface area contributed by atoms with Gasteiger partial charge in [0.05, 0.1) is 0 Å². The van der Waals surface area contributed by atoms with Crippen LogP contribution >= 0.6 is 11.3 Å². The van der Waals surface area contributed by atoms with Gasteiger partial charge in [0.1, 0.15) is 5.76 Å². The average molecular weight is 859 g/mol. The van der Waals surface area contributed by atoms with E-state index in [2.05, 4.69) is 105 Å². The number of aryl methyl sites for hydroxylation is 3. The van der Waals surface area contributed by atoms with Crippen molar-refractivity contribution in [3.05, 3.63) is 88.3 Å². The summed E-state index contributed by atoms with van der Waals surface area (Å²) in [6.07, 6.45) is 6.77. The van der Waals surface area contributed by atoms with E-state index in [9.17, 15) is 9.90 Å². The van der Waals surface area contributed by atoms with Gasteiger partial charge in [-0.2, -0.15) is 0 Å². The van der Waals surface area contributed by atoms with E-state index >= 15 is 0 Å². The van der Waals surface area contributed by atoms with E-state index in [1.54, 1.807) is 0 Å². The van der Waals surface area contributed by atoms with E-state index in [1.165, 1.54) is 48.9 Å². The molecule has 0 fully saturated rings. The molecule has 0 aliphatic carbocycles. The standard InChI is InChI=1S/C30H34NS.C14H26O2.Ir/c1-18-14-19(2)16-21(15-18)26-28-23(12-13-31-26)20(3)27(32-28)24-11-10-22(29(4,5)6)17-25(24)30(7,8)9;1-6-11(7-2)12(15)10-13(16)14(5,8-3)9-4;/h10-15,17H,1-9H3;10-11,16H,6-9H2,1-5H3;/q-1;;/b;13-10-;. The van der Waals surface area contributed by atoms with Crippen LogP contribution in [0.2, 0.25) is 0 Å². The van der Waals surface area contributed by atoms with Crippen molar-refractivity contribution >= 4 is 27.2 Å². The molecule has 4 rings (SSSR count). The molecule has 49 heavy (non-hydrogen) atoms. The summed E-state index contributed by atoms with van der Waals surface area (Å²) in [5.74, 6) is 0.366.